The number of aromatic nitrogens is 2. The Labute approximate surface area is 152 Å². The Balaban J connectivity index is 2.20. The fourth-order valence-corrected chi connectivity index (χ4v) is 3.35. The third kappa shape index (κ3) is 5.31. The predicted molar refractivity (Wildman–Crippen MR) is 101 cm³/mol. The van der Waals surface area contributed by atoms with Gasteiger partial charge in [0.25, 0.3) is 5.56 Å². The molecule has 0 aliphatic rings. The van der Waals surface area contributed by atoms with Crippen LogP contribution in [0, 0.1) is 0 Å². The second-order valence-electron chi connectivity index (χ2n) is 5.93. The summed E-state index contributed by atoms with van der Waals surface area (Å²) in [6.45, 7) is 5.04. The third-order valence-corrected chi connectivity index (χ3v) is 4.69. The van der Waals surface area contributed by atoms with Gasteiger partial charge in [-0.2, -0.15) is 0 Å². The highest BCUT2D eigenvalue weighted by atomic mass is 32.2. The van der Waals surface area contributed by atoms with E-state index in [-0.39, 0.29) is 23.3 Å². The van der Waals surface area contributed by atoms with Crippen LogP contribution in [0.25, 0.3) is 10.9 Å². The van der Waals surface area contributed by atoms with Crippen molar-refractivity contribution in [3.8, 4) is 0 Å². The summed E-state index contributed by atoms with van der Waals surface area (Å²) < 4.78 is 6.70. The molecule has 25 heavy (non-hydrogen) atoms. The minimum atomic E-state index is -0.0981. The van der Waals surface area contributed by atoms with Gasteiger partial charge in [-0.15, -0.1) is 0 Å². The largest absolute Gasteiger partial charge is 0.383 e. The second kappa shape index (κ2) is 9.58. The molecule has 0 unspecified atom stereocenters. The van der Waals surface area contributed by atoms with Crippen molar-refractivity contribution >= 4 is 28.6 Å². The van der Waals surface area contributed by atoms with Crippen molar-refractivity contribution in [3.63, 3.8) is 0 Å². The molecule has 0 aliphatic heterocycles. The van der Waals surface area contributed by atoms with Crippen molar-refractivity contribution in [3.05, 3.63) is 34.6 Å². The zero-order valence-corrected chi connectivity index (χ0v) is 15.8. The number of nitrogens with zero attached hydrogens (tertiary/aromatic N) is 2. The number of hydrogen-bond donors (Lipinski definition) is 1. The van der Waals surface area contributed by atoms with Crippen LogP contribution >= 0.6 is 11.8 Å². The smallest absolute Gasteiger partial charge is 0.262 e. The van der Waals surface area contributed by atoms with Crippen LogP contribution in [0.2, 0.25) is 0 Å². The molecule has 0 aliphatic carbocycles. The van der Waals surface area contributed by atoms with Crippen molar-refractivity contribution in [2.24, 2.45) is 0 Å². The van der Waals surface area contributed by atoms with E-state index < -0.39 is 0 Å². The average molecular weight is 363 g/mol. The average Bonchev–Trinajstić information content (AvgIpc) is 2.59. The van der Waals surface area contributed by atoms with Crippen molar-refractivity contribution in [2.75, 3.05) is 19.5 Å². The van der Waals surface area contributed by atoms with Gasteiger partial charge in [-0.25, -0.2) is 4.98 Å². The number of unbranched alkanes of at least 4 members (excludes halogenated alkanes) is 1. The summed E-state index contributed by atoms with van der Waals surface area (Å²) in [5.41, 5.74) is 0.616. The van der Waals surface area contributed by atoms with Gasteiger partial charge in [0.1, 0.15) is 0 Å². The summed E-state index contributed by atoms with van der Waals surface area (Å²) in [5.74, 6) is 0.115. The molecule has 1 aromatic heterocycles. The normalized spacial score (nSPS) is 12.3. The number of methoxy groups -OCH3 is 1. The van der Waals surface area contributed by atoms with Crippen molar-refractivity contribution in [1.82, 2.24) is 14.9 Å². The third-order valence-electron chi connectivity index (χ3n) is 3.72. The Kier molecular flexibility index (Phi) is 7.46. The topological polar surface area (TPSA) is 73.2 Å². The molecule has 6 nitrogen and oxygen atoms in total. The quantitative estimate of drug-likeness (QED) is 0.547. The lowest BCUT2D eigenvalue weighted by Gasteiger charge is -2.14. The first-order valence-electron chi connectivity index (χ1n) is 8.47. The molecular formula is C18H25N3O3S. The van der Waals surface area contributed by atoms with Crippen LogP contribution in [-0.2, 0) is 16.1 Å². The summed E-state index contributed by atoms with van der Waals surface area (Å²) in [6.07, 6.45) is 1.88. The number of carbonyl (C=O) groups is 1. The van der Waals surface area contributed by atoms with Gasteiger partial charge in [-0.1, -0.05) is 37.2 Å². The Morgan fingerprint density at radius 1 is 1.40 bits per heavy atom. The Morgan fingerprint density at radius 3 is 2.88 bits per heavy atom. The van der Waals surface area contributed by atoms with Crippen LogP contribution in [0.4, 0.5) is 0 Å². The summed E-state index contributed by atoms with van der Waals surface area (Å²) in [6, 6.07) is 7.27. The molecule has 0 bridgehead atoms. The van der Waals surface area contributed by atoms with Gasteiger partial charge in [-0.05, 0) is 25.5 Å². The zero-order chi connectivity index (χ0) is 18.2. The maximum atomic E-state index is 12.8. The van der Waals surface area contributed by atoms with Gasteiger partial charge >= 0.3 is 0 Å². The number of carbonyl (C=O) groups excluding carboxylic acids is 1. The number of ether oxygens (including phenoxy) is 1. The van der Waals surface area contributed by atoms with Crippen molar-refractivity contribution < 1.29 is 9.53 Å². The molecule has 2 aromatic rings. The van der Waals surface area contributed by atoms with Crippen LogP contribution in [-0.4, -0.2) is 41.0 Å². The van der Waals surface area contributed by atoms with Crippen LogP contribution in [0.1, 0.15) is 26.7 Å². The van der Waals surface area contributed by atoms with E-state index in [0.29, 0.717) is 29.2 Å². The summed E-state index contributed by atoms with van der Waals surface area (Å²) in [5, 5.41) is 4.07. The molecule has 7 heteroatoms. The van der Waals surface area contributed by atoms with E-state index in [1.54, 1.807) is 17.7 Å². The molecule has 1 aromatic carbocycles. The van der Waals surface area contributed by atoms with E-state index in [4.69, 9.17) is 4.74 Å². The molecule has 0 saturated heterocycles. The molecule has 136 valence electrons. The fourth-order valence-electron chi connectivity index (χ4n) is 2.51. The highest BCUT2D eigenvalue weighted by Gasteiger charge is 2.14. The first kappa shape index (κ1) is 19.5. The molecule has 1 heterocycles. The molecule has 2 rings (SSSR count). The number of thioether (sulfide) groups is 1. The molecule has 1 amide bonds. The highest BCUT2D eigenvalue weighted by Crippen LogP contribution is 2.18. The van der Waals surface area contributed by atoms with Gasteiger partial charge in [0.2, 0.25) is 5.91 Å². The van der Waals surface area contributed by atoms with Gasteiger partial charge in [0.05, 0.1) is 23.3 Å². The summed E-state index contributed by atoms with van der Waals surface area (Å²) >= 11 is 1.29. The second-order valence-corrected chi connectivity index (χ2v) is 6.88. The van der Waals surface area contributed by atoms with E-state index in [1.807, 2.05) is 25.1 Å². The van der Waals surface area contributed by atoms with E-state index in [2.05, 4.69) is 17.2 Å². The van der Waals surface area contributed by atoms with E-state index in [0.717, 1.165) is 12.8 Å². The minimum absolute atomic E-state index is 0.0466. The fraction of sp³-hybridized carbons (Fsp3) is 0.500. The lowest BCUT2D eigenvalue weighted by molar-refractivity contribution is -0.119. The van der Waals surface area contributed by atoms with Crippen molar-refractivity contribution in [1.29, 1.82) is 0 Å². The number of rotatable bonds is 9. The maximum Gasteiger partial charge on any atom is 0.262 e. The van der Waals surface area contributed by atoms with E-state index in [1.165, 1.54) is 11.8 Å². The van der Waals surface area contributed by atoms with Gasteiger partial charge in [0, 0.05) is 19.7 Å². The zero-order valence-electron chi connectivity index (χ0n) is 14.9. The highest BCUT2D eigenvalue weighted by molar-refractivity contribution is 7.99. The standard InChI is InChI=1S/C18H25N3O3S/c1-4-5-10-21-17(23)14-8-6-7-9-15(14)20-18(21)25-12-16(22)19-13(2)11-24-3/h6-9,13H,4-5,10-12H2,1-3H3,(H,19,22)/t13-/m0/s1. The Hall–Kier alpha value is -1.86. The van der Waals surface area contributed by atoms with Crippen LogP contribution in [0.15, 0.2) is 34.2 Å². The van der Waals surface area contributed by atoms with Gasteiger partial charge < -0.3 is 10.1 Å². The van der Waals surface area contributed by atoms with Gasteiger partial charge in [-0.3, -0.25) is 14.2 Å². The SMILES string of the molecule is CCCCn1c(SCC(=O)N[C@@H](C)COC)nc2ccccc2c1=O. The minimum Gasteiger partial charge on any atom is -0.383 e. The lowest BCUT2D eigenvalue weighted by Crippen LogP contribution is -2.36. The van der Waals surface area contributed by atoms with Crippen molar-refractivity contribution in [2.45, 2.75) is 44.4 Å². The molecular weight excluding hydrogens is 338 g/mol. The molecule has 1 atom stereocenters. The predicted octanol–water partition coefficient (Wildman–Crippen LogP) is 2.44. The number of nitrogens with one attached hydrogen (secondary N) is 1. The lowest BCUT2D eigenvalue weighted by atomic mass is 10.2. The maximum absolute atomic E-state index is 12.8. The van der Waals surface area contributed by atoms with E-state index in [9.17, 15) is 9.59 Å². The summed E-state index contributed by atoms with van der Waals surface area (Å²) in [4.78, 5) is 29.4. The van der Waals surface area contributed by atoms with Crippen LogP contribution in [0.5, 0.6) is 0 Å². The Bertz CT molecular complexity index is 776. The molecule has 0 fully saturated rings. The number of para-hydroxylation sites is 1. The van der Waals surface area contributed by atoms with Crippen LogP contribution < -0.4 is 10.9 Å². The molecule has 0 spiro atoms. The first-order valence-corrected chi connectivity index (χ1v) is 9.46. The number of hydrogen-bond acceptors (Lipinski definition) is 5. The number of fused-ring (bicyclic) bond motifs is 1. The number of benzene rings is 1. The van der Waals surface area contributed by atoms with E-state index >= 15 is 0 Å². The van der Waals surface area contributed by atoms with Gasteiger partial charge in [0.15, 0.2) is 5.16 Å². The summed E-state index contributed by atoms with van der Waals surface area (Å²) in [7, 11) is 1.60. The number of amides is 1. The van der Waals surface area contributed by atoms with Crippen LogP contribution in [0.3, 0.4) is 0 Å². The molecule has 0 saturated carbocycles. The molecule has 0 radical (unpaired) electrons. The Morgan fingerprint density at radius 2 is 2.16 bits per heavy atom. The first-order chi connectivity index (χ1) is 12.1. The monoisotopic (exact) mass is 363 g/mol. The molecule has 1 N–H and O–H groups in total.